The van der Waals surface area contributed by atoms with Gasteiger partial charge in [-0.15, -0.1) is 0 Å². The van der Waals surface area contributed by atoms with Crippen molar-refractivity contribution in [3.63, 3.8) is 0 Å². The van der Waals surface area contributed by atoms with E-state index in [1.807, 2.05) is 24.3 Å². The summed E-state index contributed by atoms with van der Waals surface area (Å²) in [4.78, 5) is 16.2. The van der Waals surface area contributed by atoms with E-state index in [-0.39, 0.29) is 24.8 Å². The van der Waals surface area contributed by atoms with Crippen molar-refractivity contribution < 1.29 is 18.0 Å². The lowest BCUT2D eigenvalue weighted by Crippen LogP contribution is -2.30. The lowest BCUT2D eigenvalue weighted by molar-refractivity contribution is -0.137. The van der Waals surface area contributed by atoms with Crippen LogP contribution in [0.2, 0.25) is 0 Å². The molecule has 0 aliphatic rings. The number of halogens is 4. The van der Waals surface area contributed by atoms with Gasteiger partial charge in [-0.1, -0.05) is 18.2 Å². The molecule has 0 bridgehead atoms. The first-order chi connectivity index (χ1) is 12.8. The highest BCUT2D eigenvalue weighted by atomic mass is 79.9. The van der Waals surface area contributed by atoms with Crippen LogP contribution in [-0.4, -0.2) is 28.5 Å². The van der Waals surface area contributed by atoms with E-state index in [0.717, 1.165) is 17.0 Å². The quantitative estimate of drug-likeness (QED) is 0.584. The molecule has 0 saturated heterocycles. The zero-order chi connectivity index (χ0) is 19.6. The number of amides is 1. The van der Waals surface area contributed by atoms with Gasteiger partial charge < -0.3 is 15.2 Å². The molecule has 0 radical (unpaired) electrons. The van der Waals surface area contributed by atoms with E-state index in [9.17, 15) is 18.0 Å². The Balaban J connectivity index is 1.65. The van der Waals surface area contributed by atoms with E-state index in [0.29, 0.717) is 10.2 Å². The van der Waals surface area contributed by atoms with Crippen LogP contribution in [0.4, 0.5) is 19.0 Å². The van der Waals surface area contributed by atoms with Crippen molar-refractivity contribution in [2.24, 2.45) is 7.05 Å². The molecule has 0 atom stereocenters. The van der Waals surface area contributed by atoms with E-state index in [1.54, 1.807) is 11.6 Å². The molecule has 0 saturated carbocycles. The summed E-state index contributed by atoms with van der Waals surface area (Å²) in [5.41, 5.74) is 0.508. The molecule has 0 aliphatic carbocycles. The third-order valence-corrected chi connectivity index (χ3v) is 4.88. The first-order valence-corrected chi connectivity index (χ1v) is 8.87. The number of benzene rings is 1. The summed E-state index contributed by atoms with van der Waals surface area (Å²) in [6.45, 7) is 0.244. The zero-order valence-electron chi connectivity index (χ0n) is 14.3. The Morgan fingerprint density at radius 2 is 1.93 bits per heavy atom. The van der Waals surface area contributed by atoms with Gasteiger partial charge in [-0.25, -0.2) is 4.98 Å². The van der Waals surface area contributed by atoms with Crippen molar-refractivity contribution in [1.82, 2.24) is 14.9 Å². The van der Waals surface area contributed by atoms with Gasteiger partial charge in [-0.2, -0.15) is 13.2 Å². The van der Waals surface area contributed by atoms with E-state index in [2.05, 4.69) is 31.5 Å². The monoisotopic (exact) mass is 440 g/mol. The predicted molar refractivity (Wildman–Crippen MR) is 101 cm³/mol. The molecule has 27 heavy (non-hydrogen) atoms. The number of pyridine rings is 1. The molecule has 2 N–H and O–H groups in total. The normalized spacial score (nSPS) is 11.6. The number of hydrogen-bond acceptors (Lipinski definition) is 3. The van der Waals surface area contributed by atoms with Gasteiger partial charge in [0.25, 0.3) is 5.91 Å². The molecule has 5 nitrogen and oxygen atoms in total. The Morgan fingerprint density at radius 3 is 2.63 bits per heavy atom. The highest BCUT2D eigenvalue weighted by molar-refractivity contribution is 9.10. The summed E-state index contributed by atoms with van der Waals surface area (Å²) in [6.07, 6.45) is -3.21. The number of fused-ring (bicyclic) bond motifs is 1. The van der Waals surface area contributed by atoms with Crippen LogP contribution in [-0.2, 0) is 13.2 Å². The maximum absolute atomic E-state index is 12.9. The predicted octanol–water partition coefficient (Wildman–Crippen LogP) is 4.20. The maximum Gasteiger partial charge on any atom is 0.419 e. The lowest BCUT2D eigenvalue weighted by Gasteiger charge is -2.13. The lowest BCUT2D eigenvalue weighted by atomic mass is 10.2. The van der Waals surface area contributed by atoms with Gasteiger partial charge in [-0.3, -0.25) is 4.79 Å². The smallest absolute Gasteiger partial charge is 0.368 e. The van der Waals surface area contributed by atoms with E-state index in [4.69, 9.17) is 0 Å². The van der Waals surface area contributed by atoms with Gasteiger partial charge in [0, 0.05) is 37.2 Å². The number of nitrogens with zero attached hydrogens (tertiary/aromatic N) is 2. The molecule has 3 rings (SSSR count). The third kappa shape index (κ3) is 3.92. The molecule has 0 unspecified atom stereocenters. The number of aromatic nitrogens is 2. The molecule has 1 amide bonds. The van der Waals surface area contributed by atoms with Crippen molar-refractivity contribution in [2.75, 3.05) is 18.4 Å². The Bertz CT molecular complexity index is 945. The van der Waals surface area contributed by atoms with Crippen LogP contribution in [0.5, 0.6) is 0 Å². The van der Waals surface area contributed by atoms with Crippen molar-refractivity contribution in [3.8, 4) is 0 Å². The fourth-order valence-corrected chi connectivity index (χ4v) is 3.60. The minimum absolute atomic E-state index is 0.105. The summed E-state index contributed by atoms with van der Waals surface area (Å²) in [5, 5.41) is 6.24. The number of hydrogen-bond donors (Lipinski definition) is 2. The SMILES string of the molecule is Cn1c(C(=O)NCCNc2ncccc2C(F)(F)F)c(Br)c2ccccc21. The molecular formula is C18H16BrF3N4O. The first-order valence-electron chi connectivity index (χ1n) is 8.08. The van der Waals surface area contributed by atoms with Gasteiger partial charge in [0.05, 0.1) is 10.0 Å². The molecule has 2 aromatic heterocycles. The Hall–Kier alpha value is -2.55. The number of carbonyl (C=O) groups is 1. The Kier molecular flexibility index (Phi) is 5.41. The Morgan fingerprint density at radius 1 is 1.19 bits per heavy atom. The van der Waals surface area contributed by atoms with Gasteiger partial charge in [-0.05, 0) is 34.1 Å². The molecule has 3 aromatic rings. The molecule has 0 fully saturated rings. The Labute approximate surface area is 161 Å². The first kappa shape index (κ1) is 19.2. The molecule has 142 valence electrons. The molecule has 2 heterocycles. The topological polar surface area (TPSA) is 59.0 Å². The molecule has 0 aliphatic heterocycles. The van der Waals surface area contributed by atoms with Crippen LogP contribution in [0.25, 0.3) is 10.9 Å². The van der Waals surface area contributed by atoms with Crippen molar-refractivity contribution in [3.05, 3.63) is 58.3 Å². The summed E-state index contributed by atoms with van der Waals surface area (Å²) in [6, 6.07) is 9.75. The molecule has 9 heteroatoms. The maximum atomic E-state index is 12.9. The van der Waals surface area contributed by atoms with Gasteiger partial charge in [0.15, 0.2) is 0 Å². The van der Waals surface area contributed by atoms with Crippen LogP contribution in [0, 0.1) is 0 Å². The number of nitrogens with one attached hydrogen (secondary N) is 2. The van der Waals surface area contributed by atoms with Crippen LogP contribution >= 0.6 is 15.9 Å². The van der Waals surface area contributed by atoms with E-state index in [1.165, 1.54) is 12.3 Å². The minimum atomic E-state index is -4.49. The summed E-state index contributed by atoms with van der Waals surface area (Å²) in [7, 11) is 1.78. The van der Waals surface area contributed by atoms with E-state index >= 15 is 0 Å². The second-order valence-electron chi connectivity index (χ2n) is 5.82. The minimum Gasteiger partial charge on any atom is -0.368 e. The second kappa shape index (κ2) is 7.59. The van der Waals surface area contributed by atoms with Crippen LogP contribution in [0.15, 0.2) is 47.1 Å². The van der Waals surface area contributed by atoms with Crippen molar-refractivity contribution in [1.29, 1.82) is 0 Å². The van der Waals surface area contributed by atoms with Crippen LogP contribution in [0.3, 0.4) is 0 Å². The van der Waals surface area contributed by atoms with Crippen LogP contribution < -0.4 is 10.6 Å². The fourth-order valence-electron chi connectivity index (χ4n) is 2.81. The van der Waals surface area contributed by atoms with Gasteiger partial charge in [0.2, 0.25) is 0 Å². The number of aryl methyl sites for hydroxylation is 1. The standard InChI is InChI=1S/C18H16BrF3N4O/c1-26-13-7-3-2-5-11(13)14(19)15(26)17(27)25-10-9-24-16-12(18(20,21)22)6-4-8-23-16/h2-8H,9-10H2,1H3,(H,23,24)(H,25,27). The summed E-state index contributed by atoms with van der Waals surface area (Å²) < 4.78 is 41.3. The summed E-state index contributed by atoms with van der Waals surface area (Å²) in [5.74, 6) is -0.579. The number of rotatable bonds is 5. The van der Waals surface area contributed by atoms with Crippen molar-refractivity contribution >= 4 is 38.6 Å². The highest BCUT2D eigenvalue weighted by Crippen LogP contribution is 2.33. The summed E-state index contributed by atoms with van der Waals surface area (Å²) >= 11 is 3.45. The van der Waals surface area contributed by atoms with E-state index < -0.39 is 11.7 Å². The molecule has 1 aromatic carbocycles. The number of alkyl halides is 3. The second-order valence-corrected chi connectivity index (χ2v) is 6.61. The average Bonchev–Trinajstić information content (AvgIpc) is 2.89. The zero-order valence-corrected chi connectivity index (χ0v) is 15.9. The molecule has 0 spiro atoms. The largest absolute Gasteiger partial charge is 0.419 e. The molecular weight excluding hydrogens is 425 g/mol. The number of para-hydroxylation sites is 1. The van der Waals surface area contributed by atoms with Crippen molar-refractivity contribution in [2.45, 2.75) is 6.18 Å². The van der Waals surface area contributed by atoms with Crippen LogP contribution in [0.1, 0.15) is 16.1 Å². The fraction of sp³-hybridized carbons (Fsp3) is 0.222. The third-order valence-electron chi connectivity index (χ3n) is 4.08. The highest BCUT2D eigenvalue weighted by Gasteiger charge is 2.33. The number of anilines is 1. The van der Waals surface area contributed by atoms with Gasteiger partial charge >= 0.3 is 6.18 Å². The number of carbonyl (C=O) groups excluding carboxylic acids is 1. The van der Waals surface area contributed by atoms with Gasteiger partial charge in [0.1, 0.15) is 11.5 Å². The average molecular weight is 441 g/mol.